The minimum Gasteiger partial charge on any atom is -0.277 e. The lowest BCUT2D eigenvalue weighted by Gasteiger charge is -2.30. The second-order valence-electron chi connectivity index (χ2n) is 3.63. The molecule has 0 spiro atoms. The largest absolute Gasteiger partial charge is 0.331 e. The van der Waals surface area contributed by atoms with Gasteiger partial charge in [-0.25, -0.2) is 4.79 Å². The summed E-state index contributed by atoms with van der Waals surface area (Å²) in [6, 6.07) is -0.741. The van der Waals surface area contributed by atoms with Crippen LogP contribution in [0.2, 0.25) is 0 Å². The summed E-state index contributed by atoms with van der Waals surface area (Å²) in [5, 5.41) is 2.15. The van der Waals surface area contributed by atoms with Gasteiger partial charge in [-0.05, 0) is 24.9 Å². The summed E-state index contributed by atoms with van der Waals surface area (Å²) in [6.45, 7) is 3.89. The van der Waals surface area contributed by atoms with Crippen LogP contribution in [0, 0.1) is 0 Å². The third-order valence-corrected chi connectivity index (χ3v) is 3.30. The van der Waals surface area contributed by atoms with Gasteiger partial charge in [0, 0.05) is 6.04 Å². The van der Waals surface area contributed by atoms with Gasteiger partial charge in [0.2, 0.25) is 11.8 Å². The van der Waals surface area contributed by atoms with Crippen LogP contribution in [0.25, 0.3) is 0 Å². The second kappa shape index (κ2) is 5.89. The molecule has 90 valence electrons. The SMILES string of the molecule is CCSCCC(C)N1C(=O)CC(=O)NC1=O. The summed E-state index contributed by atoms with van der Waals surface area (Å²) in [7, 11) is 0. The molecule has 4 amide bonds. The number of rotatable bonds is 5. The maximum absolute atomic E-state index is 11.5. The molecular weight excluding hydrogens is 228 g/mol. The molecule has 0 radical (unpaired) electrons. The minimum absolute atomic E-state index is 0.153. The molecule has 1 atom stereocenters. The van der Waals surface area contributed by atoms with Gasteiger partial charge in [-0.3, -0.25) is 19.8 Å². The Morgan fingerprint density at radius 2 is 2.12 bits per heavy atom. The van der Waals surface area contributed by atoms with Crippen LogP contribution in [0.15, 0.2) is 0 Å². The standard InChI is InChI=1S/C10H16N2O3S/c1-3-16-5-4-7(2)12-9(14)6-8(13)11-10(12)15/h7H,3-6H2,1-2H3,(H,11,13,15). The van der Waals surface area contributed by atoms with E-state index in [9.17, 15) is 14.4 Å². The fourth-order valence-electron chi connectivity index (χ4n) is 1.53. The van der Waals surface area contributed by atoms with Gasteiger partial charge in [-0.1, -0.05) is 6.92 Å². The van der Waals surface area contributed by atoms with Crippen molar-refractivity contribution in [2.24, 2.45) is 0 Å². The number of amides is 4. The van der Waals surface area contributed by atoms with E-state index in [-0.39, 0.29) is 12.5 Å². The Balaban J connectivity index is 2.53. The van der Waals surface area contributed by atoms with Crippen LogP contribution in [0.4, 0.5) is 4.79 Å². The molecule has 0 bridgehead atoms. The van der Waals surface area contributed by atoms with E-state index in [1.165, 1.54) is 0 Å². The third-order valence-electron chi connectivity index (χ3n) is 2.37. The average molecular weight is 244 g/mol. The molecule has 1 rings (SSSR count). The van der Waals surface area contributed by atoms with E-state index in [0.717, 1.165) is 22.8 Å². The molecule has 6 heteroatoms. The van der Waals surface area contributed by atoms with E-state index in [0.29, 0.717) is 0 Å². The lowest BCUT2D eigenvalue weighted by molar-refractivity contribution is -0.137. The highest BCUT2D eigenvalue weighted by molar-refractivity contribution is 7.99. The first-order chi connectivity index (χ1) is 7.56. The number of imide groups is 2. The van der Waals surface area contributed by atoms with Gasteiger partial charge in [0.25, 0.3) is 0 Å². The summed E-state index contributed by atoms with van der Waals surface area (Å²) >= 11 is 1.77. The molecule has 1 heterocycles. The monoisotopic (exact) mass is 244 g/mol. The summed E-state index contributed by atoms with van der Waals surface area (Å²) in [6.07, 6.45) is 0.531. The van der Waals surface area contributed by atoms with Crippen molar-refractivity contribution in [2.75, 3.05) is 11.5 Å². The molecule has 0 aromatic carbocycles. The summed E-state index contributed by atoms with van der Waals surface area (Å²) in [5.41, 5.74) is 0. The molecule has 0 aromatic rings. The number of urea groups is 1. The fraction of sp³-hybridized carbons (Fsp3) is 0.700. The number of thioether (sulfide) groups is 1. The van der Waals surface area contributed by atoms with E-state index in [1.807, 2.05) is 6.92 Å². The summed E-state index contributed by atoms with van der Waals surface area (Å²) in [4.78, 5) is 35.1. The normalized spacial score (nSPS) is 18.6. The van der Waals surface area contributed by atoms with Crippen molar-refractivity contribution < 1.29 is 14.4 Å². The predicted octanol–water partition coefficient (Wildman–Crippen LogP) is 0.987. The smallest absolute Gasteiger partial charge is 0.277 e. The van der Waals surface area contributed by atoms with Crippen LogP contribution < -0.4 is 5.32 Å². The topological polar surface area (TPSA) is 66.5 Å². The van der Waals surface area contributed by atoms with E-state index in [2.05, 4.69) is 12.2 Å². The molecule has 1 aliphatic heterocycles. The van der Waals surface area contributed by atoms with E-state index < -0.39 is 17.8 Å². The van der Waals surface area contributed by atoms with Gasteiger partial charge in [0.05, 0.1) is 0 Å². The van der Waals surface area contributed by atoms with E-state index >= 15 is 0 Å². The zero-order valence-electron chi connectivity index (χ0n) is 9.49. The van der Waals surface area contributed by atoms with Crippen LogP contribution in [-0.2, 0) is 9.59 Å². The fourth-order valence-corrected chi connectivity index (χ4v) is 2.33. The van der Waals surface area contributed by atoms with Gasteiger partial charge in [0.1, 0.15) is 6.42 Å². The van der Waals surface area contributed by atoms with E-state index in [1.54, 1.807) is 11.8 Å². The Hall–Kier alpha value is -1.04. The lowest BCUT2D eigenvalue weighted by atomic mass is 10.2. The lowest BCUT2D eigenvalue weighted by Crippen LogP contribution is -2.55. The predicted molar refractivity (Wildman–Crippen MR) is 62.1 cm³/mol. The molecule has 0 aromatic heterocycles. The molecular formula is C10H16N2O3S. The van der Waals surface area contributed by atoms with Gasteiger partial charge in [0.15, 0.2) is 0 Å². The molecule has 0 saturated carbocycles. The van der Waals surface area contributed by atoms with Gasteiger partial charge in [-0.2, -0.15) is 11.8 Å². The van der Waals surface area contributed by atoms with Crippen molar-refractivity contribution in [1.29, 1.82) is 0 Å². The minimum atomic E-state index is -0.588. The molecule has 5 nitrogen and oxygen atoms in total. The summed E-state index contributed by atoms with van der Waals surface area (Å²) in [5.74, 6) is 1.01. The highest BCUT2D eigenvalue weighted by Gasteiger charge is 2.33. The molecule has 0 aliphatic carbocycles. The Morgan fingerprint density at radius 1 is 1.44 bits per heavy atom. The molecule has 1 fully saturated rings. The molecule has 1 saturated heterocycles. The maximum atomic E-state index is 11.5. The molecule has 16 heavy (non-hydrogen) atoms. The Bertz CT molecular complexity index is 286. The van der Waals surface area contributed by atoms with Gasteiger partial charge < -0.3 is 0 Å². The van der Waals surface area contributed by atoms with Gasteiger partial charge in [-0.15, -0.1) is 0 Å². The van der Waals surface area contributed by atoms with Crippen molar-refractivity contribution in [3.63, 3.8) is 0 Å². The van der Waals surface area contributed by atoms with Crippen LogP contribution in [-0.4, -0.2) is 40.3 Å². The van der Waals surface area contributed by atoms with Crippen LogP contribution in [0.5, 0.6) is 0 Å². The van der Waals surface area contributed by atoms with E-state index in [4.69, 9.17) is 0 Å². The number of carbonyl (C=O) groups excluding carboxylic acids is 3. The van der Waals surface area contributed by atoms with Crippen LogP contribution in [0.3, 0.4) is 0 Å². The number of hydrogen-bond acceptors (Lipinski definition) is 4. The molecule has 1 aliphatic rings. The Morgan fingerprint density at radius 3 is 2.69 bits per heavy atom. The average Bonchev–Trinajstić information content (AvgIpc) is 2.16. The first kappa shape index (κ1) is 13.0. The van der Waals surface area contributed by atoms with Crippen molar-refractivity contribution in [3.8, 4) is 0 Å². The first-order valence-electron chi connectivity index (χ1n) is 5.29. The van der Waals surface area contributed by atoms with Crippen LogP contribution in [0.1, 0.15) is 26.7 Å². The number of barbiturate groups is 1. The highest BCUT2D eigenvalue weighted by atomic mass is 32.2. The number of nitrogens with zero attached hydrogens (tertiary/aromatic N) is 1. The molecule has 1 unspecified atom stereocenters. The maximum Gasteiger partial charge on any atom is 0.331 e. The zero-order chi connectivity index (χ0) is 12.1. The zero-order valence-corrected chi connectivity index (χ0v) is 10.3. The van der Waals surface area contributed by atoms with Crippen molar-refractivity contribution in [1.82, 2.24) is 10.2 Å². The van der Waals surface area contributed by atoms with Crippen molar-refractivity contribution in [2.45, 2.75) is 32.7 Å². The number of hydrogen-bond donors (Lipinski definition) is 1. The third kappa shape index (κ3) is 3.23. The molecule has 1 N–H and O–H groups in total. The van der Waals surface area contributed by atoms with Crippen molar-refractivity contribution in [3.05, 3.63) is 0 Å². The Labute approximate surface area is 98.9 Å². The van der Waals surface area contributed by atoms with Crippen molar-refractivity contribution >= 4 is 29.6 Å². The number of carbonyl (C=O) groups is 3. The second-order valence-corrected chi connectivity index (χ2v) is 5.02. The Kier molecular flexibility index (Phi) is 4.79. The highest BCUT2D eigenvalue weighted by Crippen LogP contribution is 2.13. The quantitative estimate of drug-likeness (QED) is 0.578. The first-order valence-corrected chi connectivity index (χ1v) is 6.45. The summed E-state index contributed by atoms with van der Waals surface area (Å²) < 4.78 is 0. The van der Waals surface area contributed by atoms with Gasteiger partial charge >= 0.3 is 6.03 Å². The number of nitrogens with one attached hydrogen (secondary N) is 1. The van der Waals surface area contributed by atoms with Crippen LogP contribution >= 0.6 is 11.8 Å².